The van der Waals surface area contributed by atoms with E-state index in [9.17, 15) is 17.6 Å². The van der Waals surface area contributed by atoms with Crippen LogP contribution in [0.2, 0.25) is 0 Å². The first-order valence-electron chi connectivity index (χ1n) is 12.2. The number of amides is 1. The number of benzene rings is 3. The summed E-state index contributed by atoms with van der Waals surface area (Å²) >= 11 is 1.64. The van der Waals surface area contributed by atoms with Gasteiger partial charge in [-0.25, -0.2) is 12.8 Å². The van der Waals surface area contributed by atoms with Gasteiger partial charge in [0.15, 0.2) is 0 Å². The van der Waals surface area contributed by atoms with E-state index < -0.39 is 21.6 Å². The quantitative estimate of drug-likeness (QED) is 0.314. The molecule has 0 fully saturated rings. The van der Waals surface area contributed by atoms with Crippen molar-refractivity contribution < 1.29 is 17.6 Å². The van der Waals surface area contributed by atoms with Gasteiger partial charge in [0.2, 0.25) is 15.9 Å². The monoisotopic (exact) mass is 536 g/mol. The van der Waals surface area contributed by atoms with Gasteiger partial charge in [0.05, 0.1) is 17.5 Å². The summed E-state index contributed by atoms with van der Waals surface area (Å²) in [4.78, 5) is 17.0. The summed E-state index contributed by atoms with van der Waals surface area (Å²) in [5.41, 5.74) is 0.971. The first-order chi connectivity index (χ1) is 17.6. The second-order valence-electron chi connectivity index (χ2n) is 10.3. The van der Waals surface area contributed by atoms with Gasteiger partial charge < -0.3 is 4.90 Å². The van der Waals surface area contributed by atoms with E-state index in [4.69, 9.17) is 0 Å². The summed E-state index contributed by atoms with van der Waals surface area (Å²) in [6, 6.07) is 20.4. The second-order valence-corrected chi connectivity index (χ2v) is 13.1. The van der Waals surface area contributed by atoms with Crippen LogP contribution in [0.5, 0.6) is 0 Å². The number of carbonyl (C=O) groups excluding carboxylic acids is 1. The molecule has 1 amide bonds. The number of fused-ring (bicyclic) bond motifs is 2. The summed E-state index contributed by atoms with van der Waals surface area (Å²) in [6.07, 6.45) is 0.698. The van der Waals surface area contributed by atoms with E-state index in [0.29, 0.717) is 13.0 Å². The third-order valence-electron chi connectivity index (χ3n) is 6.81. The summed E-state index contributed by atoms with van der Waals surface area (Å²) < 4.78 is 42.8. The summed E-state index contributed by atoms with van der Waals surface area (Å²) in [5.74, 6) is -0.631. The van der Waals surface area contributed by atoms with E-state index in [1.54, 1.807) is 67.3 Å². The Kier molecular flexibility index (Phi) is 6.68. The molecule has 37 heavy (non-hydrogen) atoms. The topological polar surface area (TPSA) is 57.7 Å². The number of halogens is 1. The van der Waals surface area contributed by atoms with Crippen molar-refractivity contribution in [2.24, 2.45) is 0 Å². The molecular formula is C29H29FN2O3S2. The van der Waals surface area contributed by atoms with Gasteiger partial charge in [-0.05, 0) is 84.8 Å². The van der Waals surface area contributed by atoms with Crippen molar-refractivity contribution in [2.45, 2.75) is 43.7 Å². The minimum absolute atomic E-state index is 0.155. The van der Waals surface area contributed by atoms with Crippen LogP contribution in [0.3, 0.4) is 0 Å². The highest BCUT2D eigenvalue weighted by molar-refractivity contribution is 7.89. The third kappa shape index (κ3) is 4.93. The van der Waals surface area contributed by atoms with Gasteiger partial charge in [0.25, 0.3) is 0 Å². The Morgan fingerprint density at radius 3 is 2.43 bits per heavy atom. The number of hydrogen-bond acceptors (Lipinski definition) is 4. The number of thiophene rings is 1. The van der Waals surface area contributed by atoms with Crippen LogP contribution in [0.1, 0.15) is 42.8 Å². The Bertz CT molecular complexity index is 1560. The summed E-state index contributed by atoms with van der Waals surface area (Å²) in [5, 5.41) is 3.77. The Morgan fingerprint density at radius 1 is 1.03 bits per heavy atom. The molecule has 1 aliphatic rings. The predicted molar refractivity (Wildman–Crippen MR) is 146 cm³/mol. The van der Waals surface area contributed by atoms with Crippen molar-refractivity contribution in [1.29, 1.82) is 0 Å². The maximum absolute atomic E-state index is 13.9. The number of sulfonamides is 1. The lowest BCUT2D eigenvalue weighted by molar-refractivity contribution is -0.134. The first-order valence-corrected chi connectivity index (χ1v) is 14.5. The van der Waals surface area contributed by atoms with E-state index in [0.717, 1.165) is 21.9 Å². The van der Waals surface area contributed by atoms with Crippen molar-refractivity contribution in [1.82, 2.24) is 9.21 Å². The normalized spacial score (nSPS) is 16.2. The molecule has 192 valence electrons. The van der Waals surface area contributed by atoms with Crippen LogP contribution < -0.4 is 0 Å². The molecule has 2 heterocycles. The maximum Gasteiger partial charge on any atom is 0.244 e. The highest BCUT2D eigenvalue weighted by Crippen LogP contribution is 2.38. The van der Waals surface area contributed by atoms with Gasteiger partial charge in [-0.3, -0.25) is 4.79 Å². The van der Waals surface area contributed by atoms with Crippen molar-refractivity contribution in [3.63, 3.8) is 0 Å². The molecule has 1 aliphatic heterocycles. The van der Waals surface area contributed by atoms with E-state index in [-0.39, 0.29) is 23.2 Å². The van der Waals surface area contributed by atoms with E-state index >= 15 is 0 Å². The van der Waals surface area contributed by atoms with Crippen LogP contribution >= 0.6 is 11.3 Å². The van der Waals surface area contributed by atoms with Crippen molar-refractivity contribution in [3.8, 4) is 0 Å². The fourth-order valence-corrected chi connectivity index (χ4v) is 7.62. The molecule has 0 aliphatic carbocycles. The molecule has 8 heteroatoms. The van der Waals surface area contributed by atoms with E-state index in [1.807, 2.05) is 35.7 Å². The maximum atomic E-state index is 13.9. The molecule has 5 rings (SSSR count). The lowest BCUT2D eigenvalue weighted by Crippen LogP contribution is -2.52. The molecule has 3 aromatic carbocycles. The summed E-state index contributed by atoms with van der Waals surface area (Å²) in [7, 11) is -3.98. The molecule has 1 atom stereocenters. The zero-order chi connectivity index (χ0) is 26.4. The Balaban J connectivity index is 1.50. The average molecular weight is 537 g/mol. The van der Waals surface area contributed by atoms with Crippen molar-refractivity contribution in [3.05, 3.63) is 100.0 Å². The highest BCUT2D eigenvalue weighted by Gasteiger charge is 2.39. The van der Waals surface area contributed by atoms with Crippen molar-refractivity contribution >= 4 is 38.0 Å². The van der Waals surface area contributed by atoms with Crippen LogP contribution in [0.4, 0.5) is 4.39 Å². The molecule has 4 aromatic rings. The fraction of sp³-hybridized carbons (Fsp3) is 0.276. The van der Waals surface area contributed by atoms with Crippen LogP contribution in [-0.2, 0) is 21.2 Å². The number of nitrogens with zero attached hydrogens (tertiary/aromatic N) is 2. The summed E-state index contributed by atoms with van der Waals surface area (Å²) in [6.45, 7) is 5.55. The lowest BCUT2D eigenvalue weighted by atomic mass is 9.93. The molecule has 0 saturated heterocycles. The molecular weight excluding hydrogens is 507 g/mol. The Morgan fingerprint density at radius 2 is 1.73 bits per heavy atom. The SMILES string of the molecule is CC(C)(C)N(CC(=O)N1CCc2sccc2C1c1ccc(F)cc1)S(=O)(=O)c1ccc2ccccc2c1. The van der Waals surface area contributed by atoms with E-state index in [1.165, 1.54) is 21.3 Å². The van der Waals surface area contributed by atoms with Gasteiger partial charge in [-0.2, -0.15) is 4.31 Å². The molecule has 1 aromatic heterocycles. The molecule has 0 radical (unpaired) electrons. The predicted octanol–water partition coefficient (Wildman–Crippen LogP) is 6.00. The van der Waals surface area contributed by atoms with Crippen LogP contribution in [0.15, 0.2) is 83.1 Å². The van der Waals surface area contributed by atoms with Gasteiger partial charge >= 0.3 is 0 Å². The zero-order valence-corrected chi connectivity index (χ0v) is 22.7. The molecule has 0 N–H and O–H groups in total. The van der Waals surface area contributed by atoms with Gasteiger partial charge in [-0.15, -0.1) is 11.3 Å². The van der Waals surface area contributed by atoms with Gasteiger partial charge in [-0.1, -0.05) is 42.5 Å². The average Bonchev–Trinajstić information content (AvgIpc) is 3.35. The standard InChI is InChI=1S/C29H29FN2O3S2/c1-29(2,3)32(37(34,35)24-13-10-20-6-4-5-7-22(20)18-24)19-27(33)31-16-14-26-25(15-17-36-26)28(31)21-8-11-23(30)12-9-21/h4-13,15,17-18,28H,14,16,19H2,1-3H3. The third-order valence-corrected chi connectivity index (χ3v) is 9.91. The Hall–Kier alpha value is -3.07. The number of carbonyl (C=O) groups is 1. The second kappa shape index (κ2) is 9.67. The number of hydrogen-bond donors (Lipinski definition) is 0. The largest absolute Gasteiger partial charge is 0.330 e. The molecule has 5 nitrogen and oxygen atoms in total. The van der Waals surface area contributed by atoms with Gasteiger partial charge in [0.1, 0.15) is 5.82 Å². The Labute approximate surface area is 221 Å². The molecule has 1 unspecified atom stereocenters. The molecule has 0 spiro atoms. The zero-order valence-electron chi connectivity index (χ0n) is 21.0. The van der Waals surface area contributed by atoms with Gasteiger partial charge in [0, 0.05) is 17.0 Å². The lowest BCUT2D eigenvalue weighted by Gasteiger charge is -2.40. The highest BCUT2D eigenvalue weighted by atomic mass is 32.2. The fourth-order valence-electron chi connectivity index (χ4n) is 4.94. The first kappa shape index (κ1) is 25.6. The van der Waals surface area contributed by atoms with Crippen LogP contribution in [0.25, 0.3) is 10.8 Å². The number of rotatable bonds is 5. The smallest absolute Gasteiger partial charge is 0.244 e. The molecule has 0 bridgehead atoms. The minimum Gasteiger partial charge on any atom is -0.330 e. The van der Waals surface area contributed by atoms with Crippen LogP contribution in [0, 0.1) is 5.82 Å². The minimum atomic E-state index is -3.98. The van der Waals surface area contributed by atoms with E-state index in [2.05, 4.69) is 0 Å². The van der Waals surface area contributed by atoms with Crippen molar-refractivity contribution in [2.75, 3.05) is 13.1 Å². The van der Waals surface area contributed by atoms with Crippen LogP contribution in [-0.4, -0.2) is 42.2 Å². The molecule has 0 saturated carbocycles.